The molecule has 0 unspecified atom stereocenters. The Morgan fingerprint density at radius 3 is 2.71 bits per heavy atom. The lowest BCUT2D eigenvalue weighted by molar-refractivity contribution is 0.0117. The van der Waals surface area contributed by atoms with Crippen molar-refractivity contribution in [2.75, 3.05) is 6.54 Å². The number of carbonyl (C=O) groups is 1. The predicted molar refractivity (Wildman–Crippen MR) is 90.9 cm³/mol. The first-order chi connectivity index (χ1) is 13.4. The van der Waals surface area contributed by atoms with E-state index in [1.807, 2.05) is 0 Å². The third-order valence-corrected chi connectivity index (χ3v) is 4.52. The molecule has 144 valence electrons. The van der Waals surface area contributed by atoms with Gasteiger partial charge < -0.3 is 9.47 Å². The largest absolute Gasteiger partial charge is 0.321 e. The number of carbonyl (C=O) groups excluding carboxylic acids is 1. The topological polar surface area (TPSA) is 76.8 Å². The van der Waals surface area contributed by atoms with E-state index < -0.39 is 30.8 Å². The van der Waals surface area contributed by atoms with E-state index in [4.69, 9.17) is 0 Å². The van der Waals surface area contributed by atoms with Crippen LogP contribution in [-0.4, -0.2) is 48.0 Å². The molecule has 1 atom stereocenters. The summed E-state index contributed by atoms with van der Waals surface area (Å²) in [6, 6.07) is 4.84. The number of aromatic nitrogens is 5. The highest BCUT2D eigenvalue weighted by atomic mass is 19.3. The average molecular weight is 388 g/mol. The number of halogens is 3. The summed E-state index contributed by atoms with van der Waals surface area (Å²) in [5.74, 6) is -3.84. The smallest absolute Gasteiger partial charge is 0.274 e. The second kappa shape index (κ2) is 7.02. The van der Waals surface area contributed by atoms with Crippen LogP contribution in [0, 0.1) is 5.82 Å². The van der Waals surface area contributed by atoms with E-state index in [0.29, 0.717) is 0 Å². The lowest BCUT2D eigenvalue weighted by Gasteiger charge is -2.23. The maximum Gasteiger partial charge on any atom is 0.274 e. The molecule has 10 heteroatoms. The van der Waals surface area contributed by atoms with E-state index in [9.17, 15) is 18.0 Å². The van der Waals surface area contributed by atoms with E-state index in [1.165, 1.54) is 37.1 Å². The highest BCUT2D eigenvalue weighted by molar-refractivity contribution is 5.92. The van der Waals surface area contributed by atoms with Crippen LogP contribution in [0.1, 0.15) is 34.3 Å². The third-order valence-electron chi connectivity index (χ3n) is 4.52. The van der Waals surface area contributed by atoms with Gasteiger partial charge in [0.1, 0.15) is 17.8 Å². The zero-order valence-corrected chi connectivity index (χ0v) is 14.5. The molecule has 3 aromatic rings. The second-order valence-corrected chi connectivity index (χ2v) is 6.54. The van der Waals surface area contributed by atoms with Gasteiger partial charge in [-0.1, -0.05) is 12.1 Å². The first-order valence-electron chi connectivity index (χ1n) is 8.50. The van der Waals surface area contributed by atoms with Crippen molar-refractivity contribution in [2.45, 2.75) is 24.9 Å². The fraction of sp³-hybridized carbons (Fsp3) is 0.278. The van der Waals surface area contributed by atoms with Crippen LogP contribution >= 0.6 is 0 Å². The number of benzene rings is 1. The Bertz CT molecular complexity index is 977. The molecule has 4 rings (SSSR count). The minimum atomic E-state index is -3.06. The molecule has 0 spiro atoms. The molecule has 28 heavy (non-hydrogen) atoms. The van der Waals surface area contributed by atoms with Crippen LogP contribution in [0.4, 0.5) is 13.2 Å². The summed E-state index contributed by atoms with van der Waals surface area (Å²) in [5.41, 5.74) is 0.730. The van der Waals surface area contributed by atoms with Gasteiger partial charge in [-0.2, -0.15) is 0 Å². The van der Waals surface area contributed by atoms with Crippen LogP contribution in [-0.2, 0) is 6.54 Å². The molecule has 2 aromatic heterocycles. The first-order valence-corrected chi connectivity index (χ1v) is 8.50. The quantitative estimate of drug-likeness (QED) is 0.686. The van der Waals surface area contributed by atoms with Crippen LogP contribution in [0.5, 0.6) is 0 Å². The highest BCUT2D eigenvalue weighted by Gasteiger charge is 2.49. The van der Waals surface area contributed by atoms with Crippen molar-refractivity contribution in [3.8, 4) is 0 Å². The summed E-state index contributed by atoms with van der Waals surface area (Å²) in [4.78, 5) is 21.5. The van der Waals surface area contributed by atoms with E-state index in [1.54, 1.807) is 16.7 Å². The summed E-state index contributed by atoms with van der Waals surface area (Å²) in [6.45, 7) is -0.478. The maximum atomic E-state index is 14.2. The summed E-state index contributed by atoms with van der Waals surface area (Å²) in [7, 11) is 0. The molecular weight excluding hydrogens is 373 g/mol. The van der Waals surface area contributed by atoms with Crippen molar-refractivity contribution in [1.82, 2.24) is 29.6 Å². The minimum absolute atomic E-state index is 0.0187. The second-order valence-electron chi connectivity index (χ2n) is 6.54. The number of likely N-dealkylation sites (tertiary alicyclic amines) is 1. The number of rotatable bonds is 4. The summed E-state index contributed by atoms with van der Waals surface area (Å²) >= 11 is 0. The molecule has 1 saturated heterocycles. The molecule has 0 aliphatic carbocycles. The Morgan fingerprint density at radius 1 is 1.21 bits per heavy atom. The normalized spacial score (nSPS) is 18.4. The molecule has 0 N–H and O–H groups in total. The first kappa shape index (κ1) is 18.1. The Kier molecular flexibility index (Phi) is 4.54. The monoisotopic (exact) mass is 388 g/mol. The molecule has 1 amide bonds. The zero-order valence-electron chi connectivity index (χ0n) is 14.5. The Morgan fingerprint density at radius 2 is 2.00 bits per heavy atom. The number of amides is 1. The fourth-order valence-corrected chi connectivity index (χ4v) is 3.25. The lowest BCUT2D eigenvalue weighted by Crippen LogP contribution is -2.34. The number of hydrogen-bond donors (Lipinski definition) is 0. The molecule has 1 aliphatic rings. The van der Waals surface area contributed by atoms with Gasteiger partial charge in [-0.3, -0.25) is 9.78 Å². The summed E-state index contributed by atoms with van der Waals surface area (Å²) < 4.78 is 43.1. The Hall–Kier alpha value is -3.30. The van der Waals surface area contributed by atoms with E-state index in [2.05, 4.69) is 20.2 Å². The molecule has 0 radical (unpaired) electrons. The Balaban J connectivity index is 1.64. The van der Waals surface area contributed by atoms with Gasteiger partial charge in [0, 0.05) is 18.8 Å². The highest BCUT2D eigenvalue weighted by Crippen LogP contribution is 2.41. The van der Waals surface area contributed by atoms with E-state index in [-0.39, 0.29) is 23.9 Å². The minimum Gasteiger partial charge on any atom is -0.321 e. The fourth-order valence-electron chi connectivity index (χ4n) is 3.25. The van der Waals surface area contributed by atoms with E-state index >= 15 is 0 Å². The van der Waals surface area contributed by atoms with Gasteiger partial charge in [0.2, 0.25) is 0 Å². The molecule has 0 saturated carbocycles. The standard InChI is InChI=1S/C18H15F3N6O/c19-13-3-1-12(2-4-13)9-26-11-24-25-16(26)15-7-18(20,21)10-27(15)17(28)14-8-22-5-6-23-14/h1-6,8,11,15H,7,9-10H2/t15-/m0/s1. The molecule has 1 fully saturated rings. The number of alkyl halides is 2. The van der Waals surface area contributed by atoms with Crippen LogP contribution in [0.2, 0.25) is 0 Å². The van der Waals surface area contributed by atoms with Gasteiger partial charge in [0.25, 0.3) is 11.8 Å². The van der Waals surface area contributed by atoms with Crippen molar-refractivity contribution < 1.29 is 18.0 Å². The lowest BCUT2D eigenvalue weighted by atomic mass is 10.1. The molecular formula is C18H15F3N6O. The van der Waals surface area contributed by atoms with Crippen molar-refractivity contribution in [1.29, 1.82) is 0 Å². The number of hydrogen-bond acceptors (Lipinski definition) is 5. The summed E-state index contributed by atoms with van der Waals surface area (Å²) in [6.07, 6.45) is 4.79. The average Bonchev–Trinajstić information content (AvgIpc) is 3.27. The van der Waals surface area contributed by atoms with Crippen molar-refractivity contribution in [2.24, 2.45) is 0 Å². The third kappa shape index (κ3) is 3.57. The summed E-state index contributed by atoms with van der Waals surface area (Å²) in [5, 5.41) is 7.80. The van der Waals surface area contributed by atoms with Crippen LogP contribution in [0.3, 0.4) is 0 Å². The van der Waals surface area contributed by atoms with Gasteiger partial charge in [-0.25, -0.2) is 18.2 Å². The SMILES string of the molecule is O=C(c1cnccn1)N1CC(F)(F)C[C@H]1c1nncn1Cc1ccc(F)cc1. The molecule has 3 heterocycles. The van der Waals surface area contributed by atoms with E-state index in [0.717, 1.165) is 10.5 Å². The van der Waals surface area contributed by atoms with Gasteiger partial charge in [0.15, 0.2) is 5.82 Å². The van der Waals surface area contributed by atoms with Gasteiger partial charge in [-0.15, -0.1) is 10.2 Å². The van der Waals surface area contributed by atoms with Crippen molar-refractivity contribution in [3.05, 3.63) is 72.1 Å². The number of nitrogens with zero attached hydrogens (tertiary/aromatic N) is 6. The van der Waals surface area contributed by atoms with Crippen molar-refractivity contribution >= 4 is 5.91 Å². The van der Waals surface area contributed by atoms with Gasteiger partial charge in [0.05, 0.1) is 25.3 Å². The van der Waals surface area contributed by atoms with Crippen LogP contribution in [0.15, 0.2) is 49.2 Å². The predicted octanol–water partition coefficient (Wildman–Crippen LogP) is 2.48. The van der Waals surface area contributed by atoms with Gasteiger partial charge in [-0.05, 0) is 17.7 Å². The molecule has 1 aliphatic heterocycles. The molecule has 7 nitrogen and oxygen atoms in total. The van der Waals surface area contributed by atoms with Gasteiger partial charge >= 0.3 is 0 Å². The van der Waals surface area contributed by atoms with Crippen LogP contribution in [0.25, 0.3) is 0 Å². The zero-order chi connectivity index (χ0) is 19.7. The Labute approximate surface area is 157 Å². The molecule has 0 bridgehead atoms. The molecule has 1 aromatic carbocycles. The van der Waals surface area contributed by atoms with Crippen LogP contribution < -0.4 is 0 Å². The maximum absolute atomic E-state index is 14.2. The van der Waals surface area contributed by atoms with Crippen molar-refractivity contribution in [3.63, 3.8) is 0 Å².